The van der Waals surface area contributed by atoms with Crippen molar-refractivity contribution in [3.63, 3.8) is 0 Å². The smallest absolute Gasteiger partial charge is 0.302 e. The Bertz CT molecular complexity index is 1780. The highest BCUT2D eigenvalue weighted by atomic mass is 32.2. The lowest BCUT2D eigenvalue weighted by Gasteiger charge is -2.37. The molecule has 1 N–H and O–H groups in total. The third-order valence-corrected chi connectivity index (χ3v) is 8.94. The van der Waals surface area contributed by atoms with Crippen molar-refractivity contribution in [1.29, 1.82) is 0 Å². The molecule has 0 spiro atoms. The predicted octanol–water partition coefficient (Wildman–Crippen LogP) is 6.13. The van der Waals surface area contributed by atoms with Crippen LogP contribution >= 0.6 is 11.3 Å². The fourth-order valence-electron chi connectivity index (χ4n) is 4.92. The van der Waals surface area contributed by atoms with Gasteiger partial charge in [0.1, 0.15) is 0 Å². The molecule has 2 aromatic heterocycles. The van der Waals surface area contributed by atoms with Crippen molar-refractivity contribution in [3.8, 4) is 22.4 Å². The van der Waals surface area contributed by atoms with E-state index in [1.54, 1.807) is 46.6 Å². The first kappa shape index (κ1) is 25.5. The number of nitrogens with one attached hydrogen (secondary N) is 1. The summed E-state index contributed by atoms with van der Waals surface area (Å²) in [7, 11) is -1.90. The molecule has 1 aliphatic heterocycles. The number of likely N-dealkylation sites (tertiary alicyclic amines) is 1. The van der Waals surface area contributed by atoms with Crippen molar-refractivity contribution >= 4 is 37.3 Å². The number of sulfonamides is 1. The Kier molecular flexibility index (Phi) is 6.20. The molecule has 3 heterocycles. The molecule has 6 rings (SSSR count). The van der Waals surface area contributed by atoms with Gasteiger partial charge in [0.15, 0.2) is 5.13 Å². The van der Waals surface area contributed by atoms with Crippen LogP contribution in [0.5, 0.6) is 0 Å². The van der Waals surface area contributed by atoms with Crippen LogP contribution in [0.25, 0.3) is 33.2 Å². The molecular weight excluding hydrogens is 547 g/mol. The van der Waals surface area contributed by atoms with Crippen molar-refractivity contribution in [2.75, 3.05) is 24.9 Å². The number of hydrogen-bond donors (Lipinski definition) is 1. The number of thiazole rings is 1. The van der Waals surface area contributed by atoms with Crippen LogP contribution in [0.4, 0.5) is 18.3 Å². The third-order valence-electron chi connectivity index (χ3n) is 6.79. The molecule has 0 amide bonds. The molecule has 0 aliphatic carbocycles. The standard InChI is InChI=1S/C27H22F3N5O2S2/c1-34-15-19(16-34)35-25(9-10-32-35)24-14-18(27(28,29)30)5-7-23(24)22-4-2-3-17-13-20(6-8-21(17)22)39(36,37)33-26-31-11-12-38-26/h2-14,19H,15-16H2,1H3,(H,31,33). The summed E-state index contributed by atoms with van der Waals surface area (Å²) in [5.74, 6) is 0. The molecule has 3 aromatic carbocycles. The molecule has 0 unspecified atom stereocenters. The number of fused-ring (bicyclic) bond motifs is 1. The minimum absolute atomic E-state index is 0.0576. The molecule has 0 radical (unpaired) electrons. The monoisotopic (exact) mass is 569 g/mol. The van der Waals surface area contributed by atoms with Crippen molar-refractivity contribution in [2.24, 2.45) is 0 Å². The van der Waals surface area contributed by atoms with Crippen LogP contribution < -0.4 is 4.72 Å². The molecule has 0 bridgehead atoms. The highest BCUT2D eigenvalue weighted by Crippen LogP contribution is 2.41. The lowest BCUT2D eigenvalue weighted by Crippen LogP contribution is -2.45. The van der Waals surface area contributed by atoms with E-state index in [-0.39, 0.29) is 16.1 Å². The van der Waals surface area contributed by atoms with Gasteiger partial charge in [0.2, 0.25) is 0 Å². The molecule has 0 saturated carbocycles. The van der Waals surface area contributed by atoms with Crippen LogP contribution in [-0.2, 0) is 16.2 Å². The summed E-state index contributed by atoms with van der Waals surface area (Å²) in [5, 5.41) is 7.71. The molecule has 0 atom stereocenters. The molecule has 1 aliphatic rings. The number of anilines is 1. The maximum atomic E-state index is 13.8. The van der Waals surface area contributed by atoms with Crippen molar-refractivity contribution < 1.29 is 21.6 Å². The van der Waals surface area contributed by atoms with Crippen LogP contribution in [0, 0.1) is 0 Å². The highest BCUT2D eigenvalue weighted by molar-refractivity contribution is 7.93. The number of likely N-dealkylation sites (N-methyl/N-ethyl adjacent to an activating group) is 1. The second-order valence-electron chi connectivity index (χ2n) is 9.43. The van der Waals surface area contributed by atoms with Gasteiger partial charge in [-0.15, -0.1) is 11.3 Å². The first-order valence-electron chi connectivity index (χ1n) is 12.0. The van der Waals surface area contributed by atoms with Gasteiger partial charge in [-0.05, 0) is 59.3 Å². The molecule has 1 fully saturated rings. The molecule has 200 valence electrons. The molecule has 7 nitrogen and oxygen atoms in total. The topological polar surface area (TPSA) is 80.1 Å². The van der Waals surface area contributed by atoms with Gasteiger partial charge in [-0.1, -0.05) is 30.3 Å². The zero-order valence-corrected chi connectivity index (χ0v) is 22.2. The SMILES string of the molecule is CN1CC(n2nccc2-c2cc(C(F)(F)F)ccc2-c2cccc3cc(S(=O)(=O)Nc4nccs4)ccc23)C1. The second kappa shape index (κ2) is 9.47. The number of alkyl halides is 3. The lowest BCUT2D eigenvalue weighted by atomic mass is 9.91. The van der Waals surface area contributed by atoms with Crippen LogP contribution in [0.2, 0.25) is 0 Å². The third kappa shape index (κ3) is 4.79. The molecule has 39 heavy (non-hydrogen) atoms. The van der Waals surface area contributed by atoms with Crippen molar-refractivity contribution in [3.05, 3.63) is 84.0 Å². The Balaban J connectivity index is 1.48. The Hall–Kier alpha value is -3.74. The highest BCUT2D eigenvalue weighted by Gasteiger charge is 2.33. The maximum absolute atomic E-state index is 13.8. The lowest BCUT2D eigenvalue weighted by molar-refractivity contribution is -0.137. The van der Waals surface area contributed by atoms with E-state index >= 15 is 0 Å². The summed E-state index contributed by atoms with van der Waals surface area (Å²) in [6.45, 7) is 1.51. The quantitative estimate of drug-likeness (QED) is 0.266. The number of halogens is 3. The van der Waals surface area contributed by atoms with E-state index in [0.29, 0.717) is 33.2 Å². The fraction of sp³-hybridized carbons (Fsp3) is 0.185. The van der Waals surface area contributed by atoms with Gasteiger partial charge in [-0.3, -0.25) is 9.40 Å². The average Bonchev–Trinajstić information content (AvgIpc) is 3.57. The fourth-order valence-corrected chi connectivity index (χ4v) is 6.74. The molecule has 5 aromatic rings. The first-order valence-corrected chi connectivity index (χ1v) is 14.4. The molecule has 12 heteroatoms. The normalized spacial score (nSPS) is 15.0. The maximum Gasteiger partial charge on any atom is 0.416 e. The molecular formula is C27H22F3N5O2S2. The predicted molar refractivity (Wildman–Crippen MR) is 145 cm³/mol. The van der Waals surface area contributed by atoms with Crippen LogP contribution in [0.15, 0.2) is 83.3 Å². The van der Waals surface area contributed by atoms with E-state index in [0.717, 1.165) is 19.2 Å². The van der Waals surface area contributed by atoms with Gasteiger partial charge in [0, 0.05) is 36.4 Å². The summed E-state index contributed by atoms with van der Waals surface area (Å²) in [6, 6.07) is 15.6. The Labute approximate surface area is 226 Å². The van der Waals surface area contributed by atoms with Gasteiger partial charge in [0.05, 0.1) is 22.2 Å². The minimum atomic E-state index is -4.51. The second-order valence-corrected chi connectivity index (χ2v) is 12.0. The van der Waals surface area contributed by atoms with Crippen LogP contribution in [0.1, 0.15) is 11.6 Å². The number of hydrogen-bond acceptors (Lipinski definition) is 6. The summed E-state index contributed by atoms with van der Waals surface area (Å²) in [6.07, 6.45) is -1.40. The van der Waals surface area contributed by atoms with Gasteiger partial charge < -0.3 is 4.90 Å². The van der Waals surface area contributed by atoms with Crippen LogP contribution in [-0.4, -0.2) is 48.2 Å². The number of nitrogens with zero attached hydrogens (tertiary/aromatic N) is 4. The number of aromatic nitrogens is 3. The van der Waals surface area contributed by atoms with E-state index in [4.69, 9.17) is 0 Å². The summed E-state index contributed by atoms with van der Waals surface area (Å²) in [5.41, 5.74) is 1.54. The zero-order valence-electron chi connectivity index (χ0n) is 20.6. The first-order chi connectivity index (χ1) is 18.6. The number of benzene rings is 3. The van der Waals surface area contributed by atoms with E-state index in [1.807, 2.05) is 13.1 Å². The van der Waals surface area contributed by atoms with E-state index in [9.17, 15) is 21.6 Å². The van der Waals surface area contributed by atoms with Gasteiger partial charge in [0.25, 0.3) is 10.0 Å². The van der Waals surface area contributed by atoms with Gasteiger partial charge in [-0.25, -0.2) is 13.4 Å². The largest absolute Gasteiger partial charge is 0.416 e. The van der Waals surface area contributed by atoms with E-state index in [2.05, 4.69) is 19.7 Å². The average molecular weight is 570 g/mol. The van der Waals surface area contributed by atoms with Crippen molar-refractivity contribution in [2.45, 2.75) is 17.1 Å². The van der Waals surface area contributed by atoms with E-state index < -0.39 is 21.8 Å². The van der Waals surface area contributed by atoms with Gasteiger partial charge >= 0.3 is 6.18 Å². The Morgan fingerprint density at radius 3 is 2.51 bits per heavy atom. The zero-order chi connectivity index (χ0) is 27.4. The van der Waals surface area contributed by atoms with Crippen molar-refractivity contribution in [1.82, 2.24) is 19.7 Å². The van der Waals surface area contributed by atoms with E-state index in [1.165, 1.54) is 35.7 Å². The Morgan fingerprint density at radius 1 is 0.974 bits per heavy atom. The summed E-state index contributed by atoms with van der Waals surface area (Å²) >= 11 is 1.17. The Morgan fingerprint density at radius 2 is 1.79 bits per heavy atom. The number of rotatable bonds is 6. The van der Waals surface area contributed by atoms with Crippen LogP contribution in [0.3, 0.4) is 0 Å². The minimum Gasteiger partial charge on any atom is -0.302 e. The summed E-state index contributed by atoms with van der Waals surface area (Å²) in [4.78, 5) is 6.15. The van der Waals surface area contributed by atoms with Gasteiger partial charge in [-0.2, -0.15) is 18.3 Å². The summed E-state index contributed by atoms with van der Waals surface area (Å²) < 4.78 is 71.5. The molecule has 1 saturated heterocycles.